The van der Waals surface area contributed by atoms with E-state index in [4.69, 9.17) is 11.6 Å². The third-order valence-electron chi connectivity index (χ3n) is 4.21. The molecule has 0 saturated carbocycles. The van der Waals surface area contributed by atoms with E-state index in [1.165, 1.54) is 12.1 Å². The highest BCUT2D eigenvalue weighted by Crippen LogP contribution is 2.28. The predicted molar refractivity (Wildman–Crippen MR) is 120 cm³/mol. The first-order valence-corrected chi connectivity index (χ1v) is 11.3. The second-order valence-corrected chi connectivity index (χ2v) is 9.41. The fourth-order valence-corrected chi connectivity index (χ4v) is 4.65. The summed E-state index contributed by atoms with van der Waals surface area (Å²) in [6.07, 6.45) is 0. The lowest BCUT2D eigenvalue weighted by molar-refractivity contribution is -0.114. The van der Waals surface area contributed by atoms with Crippen molar-refractivity contribution in [2.24, 2.45) is 0 Å². The molecule has 0 unspecified atom stereocenters. The molecule has 0 saturated heterocycles. The second kappa shape index (κ2) is 8.98. The van der Waals surface area contributed by atoms with Crippen molar-refractivity contribution >= 4 is 54.8 Å². The Bertz CT molecular complexity index is 1140. The summed E-state index contributed by atoms with van der Waals surface area (Å²) in [6, 6.07) is 20.0. The Hall–Kier alpha value is -2.35. The number of para-hydroxylation sites is 1. The maximum atomic E-state index is 13.3. The molecule has 150 valence electrons. The Morgan fingerprint density at radius 1 is 1.03 bits per heavy atom. The van der Waals surface area contributed by atoms with Gasteiger partial charge in [0, 0.05) is 9.50 Å². The molecular weight excluding hydrogens is 476 g/mol. The van der Waals surface area contributed by atoms with E-state index < -0.39 is 22.5 Å². The Morgan fingerprint density at radius 3 is 2.34 bits per heavy atom. The fourth-order valence-electron chi connectivity index (χ4n) is 2.65. The van der Waals surface area contributed by atoms with Gasteiger partial charge in [0.25, 0.3) is 10.0 Å². The first-order valence-electron chi connectivity index (χ1n) is 8.67. The summed E-state index contributed by atoms with van der Waals surface area (Å²) >= 11 is 9.58. The first kappa shape index (κ1) is 21.4. The average molecular weight is 494 g/mol. The van der Waals surface area contributed by atoms with E-state index in [0.29, 0.717) is 20.9 Å². The fraction of sp³-hybridized carbons (Fsp3) is 0.0952. The van der Waals surface area contributed by atoms with Crippen LogP contribution in [0.2, 0.25) is 5.02 Å². The van der Waals surface area contributed by atoms with Crippen molar-refractivity contribution in [2.45, 2.75) is 11.8 Å². The third kappa shape index (κ3) is 4.98. The van der Waals surface area contributed by atoms with E-state index in [-0.39, 0.29) is 4.90 Å². The lowest BCUT2D eigenvalue weighted by Gasteiger charge is -2.24. The zero-order valence-corrected chi connectivity index (χ0v) is 18.6. The number of hydrogen-bond acceptors (Lipinski definition) is 3. The van der Waals surface area contributed by atoms with E-state index in [1.54, 1.807) is 54.6 Å². The summed E-state index contributed by atoms with van der Waals surface area (Å²) in [5.74, 6) is -0.479. The third-order valence-corrected chi connectivity index (χ3v) is 7.10. The molecule has 5 nitrogen and oxygen atoms in total. The molecule has 3 aromatic carbocycles. The van der Waals surface area contributed by atoms with Gasteiger partial charge in [-0.3, -0.25) is 9.10 Å². The molecule has 0 spiro atoms. The molecule has 0 atom stereocenters. The molecule has 1 N–H and O–H groups in total. The predicted octanol–water partition coefficient (Wildman–Crippen LogP) is 5.24. The zero-order valence-electron chi connectivity index (χ0n) is 15.5. The lowest BCUT2D eigenvalue weighted by Crippen LogP contribution is -2.38. The van der Waals surface area contributed by atoms with Crippen molar-refractivity contribution < 1.29 is 13.2 Å². The highest BCUT2D eigenvalue weighted by atomic mass is 79.9. The molecule has 3 rings (SSSR count). The molecule has 0 radical (unpaired) electrons. The van der Waals surface area contributed by atoms with E-state index in [2.05, 4.69) is 21.2 Å². The Balaban J connectivity index is 1.98. The van der Waals surface area contributed by atoms with Crippen LogP contribution in [0.1, 0.15) is 5.56 Å². The molecule has 0 aliphatic rings. The van der Waals surface area contributed by atoms with Crippen LogP contribution in [-0.2, 0) is 14.8 Å². The molecule has 3 aromatic rings. The summed E-state index contributed by atoms with van der Waals surface area (Å²) in [5, 5.41) is 3.15. The van der Waals surface area contributed by atoms with Crippen molar-refractivity contribution in [3.05, 3.63) is 87.9 Å². The van der Waals surface area contributed by atoms with Gasteiger partial charge in [0.05, 0.1) is 16.3 Å². The molecule has 29 heavy (non-hydrogen) atoms. The number of rotatable bonds is 6. The van der Waals surface area contributed by atoms with Crippen LogP contribution in [0.15, 0.2) is 82.2 Å². The van der Waals surface area contributed by atoms with Gasteiger partial charge in [-0.2, -0.15) is 0 Å². The first-order chi connectivity index (χ1) is 13.8. The average Bonchev–Trinajstić information content (AvgIpc) is 2.71. The highest BCUT2D eigenvalue weighted by molar-refractivity contribution is 9.10. The number of aryl methyl sites for hydroxylation is 1. The van der Waals surface area contributed by atoms with Gasteiger partial charge in [0.2, 0.25) is 5.91 Å². The van der Waals surface area contributed by atoms with Gasteiger partial charge < -0.3 is 5.32 Å². The van der Waals surface area contributed by atoms with Gasteiger partial charge in [-0.25, -0.2) is 8.42 Å². The largest absolute Gasteiger partial charge is 0.323 e. The topological polar surface area (TPSA) is 66.5 Å². The summed E-state index contributed by atoms with van der Waals surface area (Å²) in [6.45, 7) is 1.42. The van der Waals surface area contributed by atoms with Crippen LogP contribution < -0.4 is 9.62 Å². The smallest absolute Gasteiger partial charge is 0.264 e. The van der Waals surface area contributed by atoms with E-state index in [9.17, 15) is 13.2 Å². The summed E-state index contributed by atoms with van der Waals surface area (Å²) in [4.78, 5) is 12.8. The molecule has 0 aliphatic heterocycles. The van der Waals surface area contributed by atoms with Crippen molar-refractivity contribution in [2.75, 3.05) is 16.2 Å². The maximum absolute atomic E-state index is 13.3. The standard InChI is InChI=1S/C21H18BrClN2O3S/c1-15-11-12-16(13-19(15)23)25(29(27,28)17-7-3-2-4-8-17)14-21(26)24-20-10-6-5-9-18(20)22/h2-13H,14H2,1H3,(H,24,26). The minimum atomic E-state index is -3.98. The number of hydrogen-bond donors (Lipinski definition) is 1. The minimum absolute atomic E-state index is 0.0883. The number of amides is 1. The van der Waals surface area contributed by atoms with Gasteiger partial charge in [-0.05, 0) is 64.8 Å². The molecule has 0 bridgehead atoms. The van der Waals surface area contributed by atoms with Gasteiger partial charge in [-0.1, -0.05) is 48.0 Å². The Morgan fingerprint density at radius 2 is 1.69 bits per heavy atom. The highest BCUT2D eigenvalue weighted by Gasteiger charge is 2.27. The van der Waals surface area contributed by atoms with Crippen molar-refractivity contribution in [1.29, 1.82) is 0 Å². The van der Waals surface area contributed by atoms with Crippen molar-refractivity contribution in [3.8, 4) is 0 Å². The Labute approximate surface area is 183 Å². The maximum Gasteiger partial charge on any atom is 0.264 e. The van der Waals surface area contributed by atoms with E-state index in [0.717, 1.165) is 9.87 Å². The van der Waals surface area contributed by atoms with Crippen LogP contribution in [0.4, 0.5) is 11.4 Å². The number of carbonyl (C=O) groups excluding carboxylic acids is 1. The molecular formula is C21H18BrClN2O3S. The van der Waals surface area contributed by atoms with Gasteiger partial charge in [0.1, 0.15) is 6.54 Å². The van der Waals surface area contributed by atoms with Gasteiger partial charge >= 0.3 is 0 Å². The monoisotopic (exact) mass is 492 g/mol. The van der Waals surface area contributed by atoms with Gasteiger partial charge in [0.15, 0.2) is 0 Å². The molecule has 1 amide bonds. The normalized spacial score (nSPS) is 11.1. The van der Waals surface area contributed by atoms with Crippen molar-refractivity contribution in [1.82, 2.24) is 0 Å². The van der Waals surface area contributed by atoms with Crippen molar-refractivity contribution in [3.63, 3.8) is 0 Å². The molecule has 0 fully saturated rings. The quantitative estimate of drug-likeness (QED) is 0.510. The molecule has 8 heteroatoms. The van der Waals surface area contributed by atoms with E-state index in [1.807, 2.05) is 13.0 Å². The van der Waals surface area contributed by atoms with E-state index >= 15 is 0 Å². The number of benzene rings is 3. The zero-order chi connectivity index (χ0) is 21.0. The summed E-state index contributed by atoms with van der Waals surface area (Å²) < 4.78 is 28.3. The molecule has 0 aromatic heterocycles. The van der Waals surface area contributed by atoms with Crippen LogP contribution in [-0.4, -0.2) is 20.9 Å². The van der Waals surface area contributed by atoms with Crippen LogP contribution in [0, 0.1) is 6.92 Å². The van der Waals surface area contributed by atoms with Crippen LogP contribution >= 0.6 is 27.5 Å². The second-order valence-electron chi connectivity index (χ2n) is 6.29. The van der Waals surface area contributed by atoms with Gasteiger partial charge in [-0.15, -0.1) is 0 Å². The van der Waals surface area contributed by atoms with Crippen LogP contribution in [0.25, 0.3) is 0 Å². The lowest BCUT2D eigenvalue weighted by atomic mass is 10.2. The number of halogens is 2. The number of anilines is 2. The summed E-state index contributed by atoms with van der Waals surface area (Å²) in [7, 11) is -3.98. The SMILES string of the molecule is Cc1ccc(N(CC(=O)Nc2ccccc2Br)S(=O)(=O)c2ccccc2)cc1Cl. The number of nitrogens with zero attached hydrogens (tertiary/aromatic N) is 1. The Kier molecular flexibility index (Phi) is 6.62. The minimum Gasteiger partial charge on any atom is -0.323 e. The molecule has 0 aliphatic carbocycles. The molecule has 0 heterocycles. The number of carbonyl (C=O) groups is 1. The van der Waals surface area contributed by atoms with Crippen LogP contribution in [0.3, 0.4) is 0 Å². The van der Waals surface area contributed by atoms with Crippen LogP contribution in [0.5, 0.6) is 0 Å². The number of nitrogens with one attached hydrogen (secondary N) is 1. The summed E-state index contributed by atoms with van der Waals surface area (Å²) in [5.41, 5.74) is 1.67. The number of sulfonamides is 1.